The van der Waals surface area contributed by atoms with Crippen LogP contribution in [0.25, 0.3) is 10.9 Å². The molecule has 2 aromatic carbocycles. The Kier molecular flexibility index (Phi) is 10.4. The van der Waals surface area contributed by atoms with E-state index in [1.165, 1.54) is 31.3 Å². The van der Waals surface area contributed by atoms with Crippen LogP contribution in [-0.2, 0) is 11.2 Å². The number of aromatic amines is 1. The molecule has 1 aliphatic heterocycles. The molecule has 3 N–H and O–H groups in total. The summed E-state index contributed by atoms with van der Waals surface area (Å²) in [5, 5.41) is 13.3. The number of nitrogens with zero attached hydrogens (tertiary/aromatic N) is 4. The van der Waals surface area contributed by atoms with E-state index in [-0.39, 0.29) is 22.9 Å². The molecule has 11 heteroatoms. The predicted octanol–water partition coefficient (Wildman–Crippen LogP) is 7.85. The van der Waals surface area contributed by atoms with Gasteiger partial charge in [0, 0.05) is 35.2 Å². The molecular weight excluding hydrogens is 600 g/mol. The van der Waals surface area contributed by atoms with Gasteiger partial charge in [-0.05, 0) is 73.9 Å². The molecule has 4 aromatic rings. The van der Waals surface area contributed by atoms with Crippen molar-refractivity contribution in [3.8, 4) is 5.75 Å². The SMILES string of the molecule is CC(C)(C)[C]([C@H]1CCCN1CCCCOc1ccc2c(Nc3cc(CC(=O)Nc4cccc(F)c4F)[nH]n3)ncnc2c1)C(C)(C)C. The van der Waals surface area contributed by atoms with E-state index in [9.17, 15) is 13.6 Å². The van der Waals surface area contributed by atoms with Crippen LogP contribution in [-0.4, -0.2) is 56.7 Å². The lowest BCUT2D eigenvalue weighted by atomic mass is 9.63. The number of nitrogens with one attached hydrogen (secondary N) is 3. The number of ether oxygens (including phenoxy) is 1. The summed E-state index contributed by atoms with van der Waals surface area (Å²) in [4.78, 5) is 23.9. The van der Waals surface area contributed by atoms with Gasteiger partial charge in [0.15, 0.2) is 17.5 Å². The normalized spacial score (nSPS) is 15.8. The van der Waals surface area contributed by atoms with E-state index in [0.29, 0.717) is 30.0 Å². The summed E-state index contributed by atoms with van der Waals surface area (Å²) in [5.74, 6) is 0.749. The van der Waals surface area contributed by atoms with E-state index in [4.69, 9.17) is 4.74 Å². The molecule has 0 aliphatic carbocycles. The summed E-state index contributed by atoms with van der Waals surface area (Å²) in [7, 11) is 0. The molecule has 1 fully saturated rings. The summed E-state index contributed by atoms with van der Waals surface area (Å²) in [6.45, 7) is 17.0. The molecule has 2 aromatic heterocycles. The van der Waals surface area contributed by atoms with Gasteiger partial charge in [0.25, 0.3) is 0 Å². The van der Waals surface area contributed by atoms with Crippen molar-refractivity contribution in [1.82, 2.24) is 25.1 Å². The number of carbonyl (C=O) groups excluding carboxylic acids is 1. The van der Waals surface area contributed by atoms with Crippen molar-refractivity contribution in [2.75, 3.05) is 30.3 Å². The number of unbranched alkanes of at least 4 members (excludes halogenated alkanes) is 1. The van der Waals surface area contributed by atoms with Crippen LogP contribution in [0.15, 0.2) is 48.8 Å². The number of anilines is 3. The number of fused-ring (bicyclic) bond motifs is 1. The second-order valence-electron chi connectivity index (χ2n) is 14.3. The van der Waals surface area contributed by atoms with E-state index in [1.54, 1.807) is 12.0 Å². The third kappa shape index (κ3) is 8.62. The minimum Gasteiger partial charge on any atom is -0.494 e. The zero-order chi connectivity index (χ0) is 33.8. The van der Waals surface area contributed by atoms with E-state index in [0.717, 1.165) is 48.6 Å². The highest BCUT2D eigenvalue weighted by Crippen LogP contribution is 2.48. The maximum atomic E-state index is 13.9. The maximum Gasteiger partial charge on any atom is 0.230 e. The van der Waals surface area contributed by atoms with E-state index < -0.39 is 17.5 Å². The molecule has 0 saturated carbocycles. The monoisotopic (exact) mass is 646 g/mol. The first kappa shape index (κ1) is 34.2. The molecule has 47 heavy (non-hydrogen) atoms. The minimum absolute atomic E-state index is 0.109. The molecule has 0 unspecified atom stereocenters. The Morgan fingerprint density at radius 3 is 2.60 bits per heavy atom. The molecule has 1 atom stereocenters. The first-order valence-electron chi connectivity index (χ1n) is 16.3. The van der Waals surface area contributed by atoms with Crippen molar-refractivity contribution >= 4 is 34.1 Å². The van der Waals surface area contributed by atoms with Crippen LogP contribution in [0, 0.1) is 28.4 Å². The Morgan fingerprint density at radius 2 is 1.83 bits per heavy atom. The van der Waals surface area contributed by atoms with E-state index in [2.05, 4.69) is 77.2 Å². The van der Waals surface area contributed by atoms with Crippen LogP contribution in [0.1, 0.15) is 72.9 Å². The average Bonchev–Trinajstić information content (AvgIpc) is 3.63. The van der Waals surface area contributed by atoms with Crippen LogP contribution in [0.2, 0.25) is 0 Å². The van der Waals surface area contributed by atoms with Gasteiger partial charge < -0.3 is 15.4 Å². The van der Waals surface area contributed by atoms with Crippen LogP contribution in [0.3, 0.4) is 0 Å². The third-order valence-electron chi connectivity index (χ3n) is 8.48. The molecule has 9 nitrogen and oxygen atoms in total. The largest absolute Gasteiger partial charge is 0.494 e. The summed E-state index contributed by atoms with van der Waals surface area (Å²) < 4.78 is 33.5. The number of amides is 1. The summed E-state index contributed by atoms with van der Waals surface area (Å²) in [5.41, 5.74) is 1.34. The molecule has 0 spiro atoms. The van der Waals surface area contributed by atoms with Crippen molar-refractivity contribution in [3.05, 3.63) is 72.0 Å². The molecule has 251 valence electrons. The zero-order valence-corrected chi connectivity index (χ0v) is 28.2. The number of benzene rings is 2. The quantitative estimate of drug-likeness (QED) is 0.135. The summed E-state index contributed by atoms with van der Waals surface area (Å²) in [6, 6.07) is 11.5. The van der Waals surface area contributed by atoms with Crippen LogP contribution in [0.4, 0.5) is 26.1 Å². The summed E-state index contributed by atoms with van der Waals surface area (Å²) in [6.07, 6.45) is 5.91. The maximum absolute atomic E-state index is 13.9. The highest BCUT2D eigenvalue weighted by Gasteiger charge is 2.44. The van der Waals surface area contributed by atoms with Gasteiger partial charge in [-0.3, -0.25) is 14.8 Å². The topological polar surface area (TPSA) is 108 Å². The molecule has 1 radical (unpaired) electrons. The Hall–Kier alpha value is -4.12. The van der Waals surface area contributed by atoms with Crippen LogP contribution in [0.5, 0.6) is 5.75 Å². The number of hydrogen-bond donors (Lipinski definition) is 3. The number of hydrogen-bond acceptors (Lipinski definition) is 7. The first-order valence-corrected chi connectivity index (χ1v) is 16.3. The van der Waals surface area contributed by atoms with E-state index >= 15 is 0 Å². The molecule has 0 bridgehead atoms. The van der Waals surface area contributed by atoms with Crippen LogP contribution < -0.4 is 15.4 Å². The van der Waals surface area contributed by atoms with Gasteiger partial charge in [-0.25, -0.2) is 18.7 Å². The van der Waals surface area contributed by atoms with E-state index in [1.807, 2.05) is 18.2 Å². The summed E-state index contributed by atoms with van der Waals surface area (Å²) >= 11 is 0. The fourth-order valence-electron chi connectivity index (χ4n) is 6.98. The van der Waals surface area contributed by atoms with Gasteiger partial charge in [0.2, 0.25) is 5.91 Å². The standard InChI is InChI=1S/C36H46F2N7O2/c1-35(2,3)33(36(4,5)6)29-13-10-17-45(29)16-7-8-18-47-24-14-15-25-28(21-24)39-22-40-34(25)42-30-19-23(43-44-30)20-31(46)41-27-12-9-11-26(37)32(27)38/h9,11-12,14-15,19,21-22,29H,7-8,10,13,16-18,20H2,1-6H3,(H,41,46)(H2,39,40,42,43,44)/t29-/m1/s1. The lowest BCUT2D eigenvalue weighted by molar-refractivity contribution is -0.115. The number of H-pyrrole nitrogens is 1. The van der Waals surface area contributed by atoms with Gasteiger partial charge in [-0.15, -0.1) is 0 Å². The number of carbonyl (C=O) groups is 1. The number of likely N-dealkylation sites (tertiary alicyclic amines) is 1. The Morgan fingerprint density at radius 1 is 1.04 bits per heavy atom. The highest BCUT2D eigenvalue weighted by molar-refractivity contribution is 5.93. The van der Waals surface area contributed by atoms with Crippen molar-refractivity contribution in [1.29, 1.82) is 0 Å². The van der Waals surface area contributed by atoms with Crippen molar-refractivity contribution in [2.45, 2.75) is 79.7 Å². The number of halogens is 2. The highest BCUT2D eigenvalue weighted by atomic mass is 19.2. The zero-order valence-electron chi connectivity index (χ0n) is 28.2. The lowest BCUT2D eigenvalue weighted by Gasteiger charge is -2.47. The molecule has 1 aliphatic rings. The fourth-order valence-corrected chi connectivity index (χ4v) is 6.98. The predicted molar refractivity (Wildman–Crippen MR) is 182 cm³/mol. The van der Waals surface area contributed by atoms with Crippen molar-refractivity contribution in [2.24, 2.45) is 10.8 Å². The smallest absolute Gasteiger partial charge is 0.230 e. The lowest BCUT2D eigenvalue weighted by Crippen LogP contribution is -2.46. The van der Waals surface area contributed by atoms with Gasteiger partial charge in [-0.1, -0.05) is 47.6 Å². The Balaban J connectivity index is 1.12. The first-order chi connectivity index (χ1) is 22.3. The molecule has 1 saturated heterocycles. The minimum atomic E-state index is -1.10. The van der Waals surface area contributed by atoms with Gasteiger partial charge in [-0.2, -0.15) is 5.10 Å². The number of rotatable bonds is 12. The fraction of sp³-hybridized carbons (Fsp3) is 0.472. The molecular formula is C36H46F2N7O2. The molecule has 3 heterocycles. The van der Waals surface area contributed by atoms with Crippen molar-refractivity contribution in [3.63, 3.8) is 0 Å². The second-order valence-corrected chi connectivity index (χ2v) is 14.3. The van der Waals surface area contributed by atoms with Gasteiger partial charge in [0.05, 0.1) is 24.2 Å². The van der Waals surface area contributed by atoms with Crippen molar-refractivity contribution < 1.29 is 18.3 Å². The third-order valence-corrected chi connectivity index (χ3v) is 8.48. The second kappa shape index (κ2) is 14.3. The average molecular weight is 647 g/mol. The molecule has 5 rings (SSSR count). The molecule has 1 amide bonds. The van der Waals surface area contributed by atoms with Crippen LogP contribution >= 0.6 is 0 Å². The van der Waals surface area contributed by atoms with Gasteiger partial charge >= 0.3 is 0 Å². The Bertz CT molecular complexity index is 1660. The Labute approximate surface area is 275 Å². The number of aromatic nitrogens is 4. The van der Waals surface area contributed by atoms with Gasteiger partial charge in [0.1, 0.15) is 17.9 Å².